The van der Waals surface area contributed by atoms with Crippen molar-refractivity contribution < 1.29 is 0 Å². The fourth-order valence-corrected chi connectivity index (χ4v) is 2.83. The molecule has 20 heavy (non-hydrogen) atoms. The van der Waals surface area contributed by atoms with Crippen LogP contribution in [0.25, 0.3) is 16.9 Å². The van der Waals surface area contributed by atoms with E-state index in [1.165, 1.54) is 0 Å². The van der Waals surface area contributed by atoms with Crippen molar-refractivity contribution in [3.63, 3.8) is 0 Å². The van der Waals surface area contributed by atoms with E-state index in [1.54, 1.807) is 11.3 Å². The third kappa shape index (κ3) is 2.32. The van der Waals surface area contributed by atoms with E-state index in [4.69, 9.17) is 5.73 Å². The molecule has 0 spiro atoms. The van der Waals surface area contributed by atoms with Gasteiger partial charge in [-0.05, 0) is 12.1 Å². The van der Waals surface area contributed by atoms with Crippen LogP contribution in [0.4, 0.5) is 5.00 Å². The minimum atomic E-state index is 0.389. The maximum absolute atomic E-state index is 6.08. The summed E-state index contributed by atoms with van der Waals surface area (Å²) in [6, 6.07) is 10.00. The van der Waals surface area contributed by atoms with Gasteiger partial charge in [0.05, 0.1) is 16.9 Å². The van der Waals surface area contributed by atoms with Crippen LogP contribution < -0.4 is 5.73 Å². The second-order valence-electron chi connectivity index (χ2n) is 4.93. The summed E-state index contributed by atoms with van der Waals surface area (Å²) in [7, 11) is 0. The van der Waals surface area contributed by atoms with E-state index in [0.717, 1.165) is 27.0 Å². The molecule has 0 aliphatic carbocycles. The van der Waals surface area contributed by atoms with Crippen molar-refractivity contribution in [2.75, 3.05) is 5.73 Å². The van der Waals surface area contributed by atoms with Gasteiger partial charge in [0.1, 0.15) is 10.7 Å². The molecule has 3 aromatic rings. The van der Waals surface area contributed by atoms with Crippen molar-refractivity contribution in [3.8, 4) is 16.9 Å². The number of anilines is 1. The zero-order valence-corrected chi connectivity index (χ0v) is 12.3. The molecule has 0 aliphatic heterocycles. The Bertz CT molecular complexity index is 713. The maximum Gasteiger partial charge on any atom is 0.114 e. The number of aromatic nitrogens is 3. The molecule has 2 N–H and O–H groups in total. The first kappa shape index (κ1) is 12.9. The number of nitrogens with two attached hydrogens (primary N) is 1. The van der Waals surface area contributed by atoms with Gasteiger partial charge in [0.15, 0.2) is 0 Å². The number of rotatable bonds is 3. The van der Waals surface area contributed by atoms with Crippen LogP contribution in [0.5, 0.6) is 0 Å². The molecule has 3 rings (SSSR count). The summed E-state index contributed by atoms with van der Waals surface area (Å²) in [5, 5.41) is 6.20. The Labute approximate surface area is 121 Å². The van der Waals surface area contributed by atoms with Gasteiger partial charge in [-0.15, -0.1) is 11.3 Å². The lowest BCUT2D eigenvalue weighted by Gasteiger charge is -1.99. The lowest BCUT2D eigenvalue weighted by Crippen LogP contribution is -1.92. The Morgan fingerprint density at radius 2 is 1.95 bits per heavy atom. The van der Waals surface area contributed by atoms with Crippen molar-refractivity contribution >= 4 is 16.3 Å². The number of nitrogen functional groups attached to an aromatic ring is 1. The SMILES string of the molecule is CC(C)c1nc(-c2cnn(-c3ccccc3)c2)c(N)s1. The molecule has 0 radical (unpaired) electrons. The quantitative estimate of drug-likeness (QED) is 0.797. The number of hydrogen-bond donors (Lipinski definition) is 1. The van der Waals surface area contributed by atoms with E-state index < -0.39 is 0 Å². The van der Waals surface area contributed by atoms with Crippen molar-refractivity contribution in [1.29, 1.82) is 0 Å². The van der Waals surface area contributed by atoms with Crippen molar-refractivity contribution in [2.45, 2.75) is 19.8 Å². The number of thiazole rings is 1. The molecule has 0 bridgehead atoms. The van der Waals surface area contributed by atoms with Gasteiger partial charge in [-0.3, -0.25) is 0 Å². The van der Waals surface area contributed by atoms with Crippen molar-refractivity contribution in [1.82, 2.24) is 14.8 Å². The molecule has 1 aromatic carbocycles. The van der Waals surface area contributed by atoms with Crippen LogP contribution in [-0.4, -0.2) is 14.8 Å². The summed E-state index contributed by atoms with van der Waals surface area (Å²) in [6.45, 7) is 4.24. The van der Waals surface area contributed by atoms with E-state index in [-0.39, 0.29) is 0 Å². The van der Waals surface area contributed by atoms with E-state index in [9.17, 15) is 0 Å². The van der Waals surface area contributed by atoms with Crippen molar-refractivity contribution in [3.05, 3.63) is 47.7 Å². The second kappa shape index (κ2) is 5.09. The van der Waals surface area contributed by atoms with Gasteiger partial charge in [0.2, 0.25) is 0 Å². The Morgan fingerprint density at radius 1 is 1.20 bits per heavy atom. The fraction of sp³-hybridized carbons (Fsp3) is 0.200. The molecule has 102 valence electrons. The molecule has 0 aliphatic rings. The Morgan fingerprint density at radius 3 is 2.60 bits per heavy atom. The van der Waals surface area contributed by atoms with Gasteiger partial charge in [-0.2, -0.15) is 5.10 Å². The normalized spacial score (nSPS) is 11.2. The minimum absolute atomic E-state index is 0.389. The largest absolute Gasteiger partial charge is 0.389 e. The predicted molar refractivity (Wildman–Crippen MR) is 83.2 cm³/mol. The van der Waals surface area contributed by atoms with Gasteiger partial charge >= 0.3 is 0 Å². The van der Waals surface area contributed by atoms with Gasteiger partial charge in [-0.1, -0.05) is 32.0 Å². The summed E-state index contributed by atoms with van der Waals surface area (Å²) < 4.78 is 1.84. The first-order valence-corrected chi connectivity index (χ1v) is 7.33. The first-order valence-electron chi connectivity index (χ1n) is 6.52. The third-order valence-electron chi connectivity index (χ3n) is 3.04. The van der Waals surface area contributed by atoms with Gasteiger partial charge in [-0.25, -0.2) is 9.67 Å². The molecule has 5 heteroatoms. The maximum atomic E-state index is 6.08. The van der Waals surface area contributed by atoms with Gasteiger partial charge in [0, 0.05) is 17.7 Å². The van der Waals surface area contributed by atoms with Gasteiger partial charge < -0.3 is 5.73 Å². The van der Waals surface area contributed by atoms with Crippen LogP contribution in [0, 0.1) is 0 Å². The molecule has 0 saturated carbocycles. The summed E-state index contributed by atoms with van der Waals surface area (Å²) in [5.41, 5.74) is 8.89. The van der Waals surface area contributed by atoms with Crippen LogP contribution in [0.2, 0.25) is 0 Å². The summed E-state index contributed by atoms with van der Waals surface area (Å²) >= 11 is 1.55. The van der Waals surface area contributed by atoms with Crippen molar-refractivity contribution in [2.24, 2.45) is 0 Å². The topological polar surface area (TPSA) is 56.7 Å². The van der Waals surface area contributed by atoms with E-state index in [0.29, 0.717) is 5.92 Å². The smallest absolute Gasteiger partial charge is 0.114 e. The predicted octanol–water partition coefficient (Wildman–Crippen LogP) is 3.70. The lowest BCUT2D eigenvalue weighted by molar-refractivity contribution is 0.853. The summed E-state index contributed by atoms with van der Waals surface area (Å²) in [5.74, 6) is 0.389. The molecule has 0 saturated heterocycles. The summed E-state index contributed by atoms with van der Waals surface area (Å²) in [6.07, 6.45) is 3.77. The van der Waals surface area contributed by atoms with Crippen LogP contribution in [-0.2, 0) is 0 Å². The standard InChI is InChI=1S/C15H16N4S/c1-10(2)15-18-13(14(16)20-15)11-8-17-19(9-11)12-6-4-3-5-7-12/h3-10H,16H2,1-2H3. The van der Waals surface area contributed by atoms with Crippen LogP contribution in [0.3, 0.4) is 0 Å². The fourth-order valence-electron chi connectivity index (χ4n) is 1.97. The Hall–Kier alpha value is -2.14. The molecule has 0 amide bonds. The third-order valence-corrected chi connectivity index (χ3v) is 4.23. The molecular weight excluding hydrogens is 268 g/mol. The number of nitrogens with zero attached hydrogens (tertiary/aromatic N) is 3. The highest BCUT2D eigenvalue weighted by Crippen LogP contribution is 2.33. The molecule has 2 aromatic heterocycles. The molecular formula is C15H16N4S. The number of para-hydroxylation sites is 1. The highest BCUT2D eigenvalue weighted by atomic mass is 32.1. The monoisotopic (exact) mass is 284 g/mol. The molecule has 0 fully saturated rings. The first-order chi connectivity index (χ1) is 9.65. The molecule has 4 nitrogen and oxygen atoms in total. The zero-order valence-electron chi connectivity index (χ0n) is 11.4. The Balaban J connectivity index is 1.98. The molecule has 0 unspecified atom stereocenters. The number of hydrogen-bond acceptors (Lipinski definition) is 4. The van der Waals surface area contributed by atoms with E-state index in [1.807, 2.05) is 47.4 Å². The highest BCUT2D eigenvalue weighted by molar-refractivity contribution is 7.16. The van der Waals surface area contributed by atoms with Crippen LogP contribution in [0.1, 0.15) is 24.8 Å². The highest BCUT2D eigenvalue weighted by Gasteiger charge is 2.14. The minimum Gasteiger partial charge on any atom is -0.389 e. The van der Waals surface area contributed by atoms with E-state index >= 15 is 0 Å². The zero-order chi connectivity index (χ0) is 14.1. The Kier molecular flexibility index (Phi) is 3.28. The second-order valence-corrected chi connectivity index (χ2v) is 5.99. The molecule has 2 heterocycles. The average Bonchev–Trinajstić information content (AvgIpc) is 3.06. The lowest BCUT2D eigenvalue weighted by atomic mass is 10.2. The van der Waals surface area contributed by atoms with E-state index in [2.05, 4.69) is 23.9 Å². The summed E-state index contributed by atoms with van der Waals surface area (Å²) in [4.78, 5) is 4.63. The van der Waals surface area contributed by atoms with Crippen LogP contribution >= 0.6 is 11.3 Å². The molecule has 0 atom stereocenters. The van der Waals surface area contributed by atoms with Gasteiger partial charge in [0.25, 0.3) is 0 Å². The average molecular weight is 284 g/mol. The van der Waals surface area contributed by atoms with Crippen LogP contribution in [0.15, 0.2) is 42.7 Å². The number of benzene rings is 1.